The van der Waals surface area contributed by atoms with Crippen molar-refractivity contribution in [2.24, 2.45) is 0 Å². The monoisotopic (exact) mass is 252 g/mol. The maximum atomic E-state index is 12.3. The van der Waals surface area contributed by atoms with Gasteiger partial charge in [-0.1, -0.05) is 24.4 Å². The number of aryl methyl sites for hydroxylation is 1. The van der Waals surface area contributed by atoms with Crippen molar-refractivity contribution in [1.82, 2.24) is 9.88 Å². The third-order valence-corrected chi connectivity index (χ3v) is 3.26. The van der Waals surface area contributed by atoms with Gasteiger partial charge >= 0.3 is 0 Å². The first-order chi connectivity index (χ1) is 8.16. The Bertz CT molecular complexity index is 392. The second-order valence-corrected chi connectivity index (χ2v) is 4.91. The van der Waals surface area contributed by atoms with Crippen molar-refractivity contribution in [2.75, 3.05) is 13.1 Å². The van der Waals surface area contributed by atoms with Gasteiger partial charge in [-0.15, -0.1) is 0 Å². The van der Waals surface area contributed by atoms with Crippen LogP contribution < -0.4 is 0 Å². The van der Waals surface area contributed by atoms with E-state index in [-0.39, 0.29) is 5.91 Å². The van der Waals surface area contributed by atoms with Gasteiger partial charge in [0.05, 0.1) is 0 Å². The molecule has 2 heterocycles. The number of amides is 1. The zero-order chi connectivity index (χ0) is 12.3. The van der Waals surface area contributed by atoms with Gasteiger partial charge in [-0.3, -0.25) is 4.79 Å². The second kappa shape index (κ2) is 5.50. The topological polar surface area (TPSA) is 33.2 Å². The highest BCUT2D eigenvalue weighted by molar-refractivity contribution is 6.29. The Hall–Kier alpha value is -1.09. The average molecular weight is 253 g/mol. The van der Waals surface area contributed by atoms with E-state index in [1.54, 1.807) is 12.1 Å². The van der Waals surface area contributed by atoms with Crippen LogP contribution in [-0.4, -0.2) is 28.9 Å². The lowest BCUT2D eigenvalue weighted by Crippen LogP contribution is -2.31. The normalized spacial score (nSPS) is 16.7. The summed E-state index contributed by atoms with van der Waals surface area (Å²) in [5.74, 6) is 0.0827. The molecule has 1 aliphatic heterocycles. The van der Waals surface area contributed by atoms with Crippen molar-refractivity contribution in [1.29, 1.82) is 0 Å². The van der Waals surface area contributed by atoms with E-state index in [1.807, 2.05) is 11.8 Å². The summed E-state index contributed by atoms with van der Waals surface area (Å²) in [7, 11) is 0. The molecule has 17 heavy (non-hydrogen) atoms. The van der Waals surface area contributed by atoms with Crippen molar-refractivity contribution in [3.05, 3.63) is 28.5 Å². The third kappa shape index (κ3) is 3.19. The van der Waals surface area contributed by atoms with Gasteiger partial charge in [0.15, 0.2) is 0 Å². The summed E-state index contributed by atoms with van der Waals surface area (Å²) in [6.45, 7) is 3.57. The van der Waals surface area contributed by atoms with E-state index >= 15 is 0 Å². The molecule has 2 rings (SSSR count). The Kier molecular flexibility index (Phi) is 4.00. The molecule has 1 aliphatic rings. The highest BCUT2D eigenvalue weighted by Crippen LogP contribution is 2.16. The van der Waals surface area contributed by atoms with E-state index < -0.39 is 0 Å². The number of nitrogens with zero attached hydrogens (tertiary/aromatic N) is 2. The number of hydrogen-bond donors (Lipinski definition) is 0. The van der Waals surface area contributed by atoms with Gasteiger partial charge in [0.2, 0.25) is 0 Å². The van der Waals surface area contributed by atoms with Gasteiger partial charge in [0, 0.05) is 24.3 Å². The predicted octanol–water partition coefficient (Wildman–Crippen LogP) is 3.06. The summed E-state index contributed by atoms with van der Waals surface area (Å²) in [6, 6.07) is 3.46. The average Bonchev–Trinajstić information content (AvgIpc) is 2.55. The van der Waals surface area contributed by atoms with Crippen molar-refractivity contribution in [3.63, 3.8) is 0 Å². The van der Waals surface area contributed by atoms with Crippen molar-refractivity contribution in [2.45, 2.75) is 32.6 Å². The molecule has 3 nitrogen and oxygen atoms in total. The lowest BCUT2D eigenvalue weighted by molar-refractivity contribution is 0.0761. The highest BCUT2D eigenvalue weighted by atomic mass is 35.5. The molecule has 92 valence electrons. The molecular formula is C13H17ClN2O. The van der Waals surface area contributed by atoms with Crippen molar-refractivity contribution >= 4 is 17.5 Å². The summed E-state index contributed by atoms with van der Waals surface area (Å²) >= 11 is 5.88. The van der Waals surface area contributed by atoms with Crippen LogP contribution in [0, 0.1) is 6.92 Å². The van der Waals surface area contributed by atoms with Crippen LogP contribution in [0.1, 0.15) is 41.7 Å². The van der Waals surface area contributed by atoms with Crippen LogP contribution in [0.15, 0.2) is 12.1 Å². The predicted molar refractivity (Wildman–Crippen MR) is 68.4 cm³/mol. The largest absolute Gasteiger partial charge is 0.339 e. The Morgan fingerprint density at radius 2 is 1.88 bits per heavy atom. The number of hydrogen-bond acceptors (Lipinski definition) is 2. The van der Waals surface area contributed by atoms with Gasteiger partial charge in [-0.05, 0) is 31.9 Å². The molecule has 1 aromatic heterocycles. The SMILES string of the molecule is Cc1cc(C(=O)N2CCCCCC2)cc(Cl)n1. The van der Waals surface area contributed by atoms with E-state index in [0.29, 0.717) is 10.7 Å². The van der Waals surface area contributed by atoms with Gasteiger partial charge < -0.3 is 4.90 Å². The molecule has 0 bridgehead atoms. The fourth-order valence-electron chi connectivity index (χ4n) is 2.21. The molecule has 1 amide bonds. The number of halogens is 1. The lowest BCUT2D eigenvalue weighted by atomic mass is 10.2. The summed E-state index contributed by atoms with van der Waals surface area (Å²) in [4.78, 5) is 18.3. The van der Waals surface area contributed by atoms with Gasteiger partial charge in [0.1, 0.15) is 5.15 Å². The Balaban J connectivity index is 2.17. The zero-order valence-electron chi connectivity index (χ0n) is 10.1. The highest BCUT2D eigenvalue weighted by Gasteiger charge is 2.17. The lowest BCUT2D eigenvalue weighted by Gasteiger charge is -2.20. The standard InChI is InChI=1S/C13H17ClN2O/c1-10-8-11(9-12(14)15-10)13(17)16-6-4-2-3-5-7-16/h8-9H,2-7H2,1H3. The molecule has 0 aromatic carbocycles. The maximum Gasteiger partial charge on any atom is 0.254 e. The van der Waals surface area contributed by atoms with Crippen LogP contribution in [0.2, 0.25) is 5.15 Å². The van der Waals surface area contributed by atoms with Crippen molar-refractivity contribution in [3.8, 4) is 0 Å². The van der Waals surface area contributed by atoms with E-state index in [0.717, 1.165) is 31.6 Å². The van der Waals surface area contributed by atoms with Crippen LogP contribution in [0.4, 0.5) is 0 Å². The van der Waals surface area contributed by atoms with E-state index in [1.165, 1.54) is 12.8 Å². The number of aromatic nitrogens is 1. The number of likely N-dealkylation sites (tertiary alicyclic amines) is 1. The molecular weight excluding hydrogens is 236 g/mol. The van der Waals surface area contributed by atoms with Crippen LogP contribution >= 0.6 is 11.6 Å². The fourth-order valence-corrected chi connectivity index (χ4v) is 2.46. The molecule has 1 aromatic rings. The molecule has 0 N–H and O–H groups in total. The Morgan fingerprint density at radius 1 is 1.24 bits per heavy atom. The Labute approximate surface area is 107 Å². The zero-order valence-corrected chi connectivity index (χ0v) is 10.8. The first-order valence-corrected chi connectivity index (χ1v) is 6.48. The van der Waals surface area contributed by atoms with Crippen LogP contribution in [0.5, 0.6) is 0 Å². The summed E-state index contributed by atoms with van der Waals surface area (Å²) < 4.78 is 0. The quantitative estimate of drug-likeness (QED) is 0.720. The van der Waals surface area contributed by atoms with E-state index in [9.17, 15) is 4.79 Å². The smallest absolute Gasteiger partial charge is 0.254 e. The molecule has 0 spiro atoms. The molecule has 4 heteroatoms. The molecule has 0 atom stereocenters. The van der Waals surface area contributed by atoms with Crippen molar-refractivity contribution < 1.29 is 4.79 Å². The molecule has 1 fully saturated rings. The number of rotatable bonds is 1. The van der Waals surface area contributed by atoms with Gasteiger partial charge in [0.25, 0.3) is 5.91 Å². The van der Waals surface area contributed by atoms with Gasteiger partial charge in [-0.25, -0.2) is 4.98 Å². The van der Waals surface area contributed by atoms with Crippen LogP contribution in [-0.2, 0) is 0 Å². The second-order valence-electron chi connectivity index (χ2n) is 4.53. The summed E-state index contributed by atoms with van der Waals surface area (Å²) in [5, 5.41) is 0.392. The fraction of sp³-hybridized carbons (Fsp3) is 0.538. The van der Waals surface area contributed by atoms with E-state index in [2.05, 4.69) is 4.98 Å². The number of carbonyl (C=O) groups is 1. The first kappa shape index (κ1) is 12.4. The van der Waals surface area contributed by atoms with Gasteiger partial charge in [-0.2, -0.15) is 0 Å². The summed E-state index contributed by atoms with van der Waals surface area (Å²) in [6.07, 6.45) is 4.65. The Morgan fingerprint density at radius 3 is 2.47 bits per heavy atom. The minimum atomic E-state index is 0.0827. The first-order valence-electron chi connectivity index (χ1n) is 6.10. The van der Waals surface area contributed by atoms with Crippen LogP contribution in [0.25, 0.3) is 0 Å². The summed E-state index contributed by atoms with van der Waals surface area (Å²) in [5.41, 5.74) is 1.44. The van der Waals surface area contributed by atoms with E-state index in [4.69, 9.17) is 11.6 Å². The van der Waals surface area contributed by atoms with Crippen LogP contribution in [0.3, 0.4) is 0 Å². The molecule has 0 unspecified atom stereocenters. The maximum absolute atomic E-state index is 12.3. The molecule has 1 saturated heterocycles. The minimum absolute atomic E-state index is 0.0827. The number of carbonyl (C=O) groups excluding carboxylic acids is 1. The minimum Gasteiger partial charge on any atom is -0.339 e. The molecule has 0 radical (unpaired) electrons. The third-order valence-electron chi connectivity index (χ3n) is 3.06. The number of pyridine rings is 1. The molecule has 0 saturated carbocycles. The molecule has 0 aliphatic carbocycles.